The average Bonchev–Trinajstić information content (AvgIpc) is 2.85. The minimum atomic E-state index is -0.0860. The van der Waals surface area contributed by atoms with Crippen molar-refractivity contribution >= 4 is 29.3 Å². The third kappa shape index (κ3) is 3.54. The number of aryl methyl sites for hydroxylation is 2. The Morgan fingerprint density at radius 1 is 1.00 bits per heavy atom. The third-order valence-corrected chi connectivity index (χ3v) is 5.31. The summed E-state index contributed by atoms with van der Waals surface area (Å²) >= 11 is 1.34. The largest absolute Gasteiger partial charge is 0.302 e. The minimum Gasteiger partial charge on any atom is -0.302 e. The van der Waals surface area contributed by atoms with Gasteiger partial charge in [0, 0.05) is 18.7 Å². The second kappa shape index (κ2) is 7.03. The van der Waals surface area contributed by atoms with Gasteiger partial charge in [-0.1, -0.05) is 48.5 Å². The molecule has 0 radical (unpaired) electrons. The highest BCUT2D eigenvalue weighted by atomic mass is 32.1. The lowest BCUT2D eigenvalue weighted by atomic mass is 10.1. The Labute approximate surface area is 150 Å². The zero-order valence-electron chi connectivity index (χ0n) is 14.4. The summed E-state index contributed by atoms with van der Waals surface area (Å²) in [6.07, 6.45) is 3.43. The number of nitrogens with zero attached hydrogens (tertiary/aromatic N) is 1. The molecular weight excluding hydrogens is 330 g/mol. The maximum atomic E-state index is 12.5. The summed E-state index contributed by atoms with van der Waals surface area (Å²) in [5.74, 6) is -0.0857. The summed E-state index contributed by atoms with van der Waals surface area (Å²) < 4.78 is 2.81. The van der Waals surface area contributed by atoms with Crippen LogP contribution >= 0.6 is 11.3 Å². The van der Waals surface area contributed by atoms with Gasteiger partial charge in [-0.3, -0.25) is 9.59 Å². The molecule has 0 saturated heterocycles. The van der Waals surface area contributed by atoms with E-state index in [1.165, 1.54) is 15.9 Å². The molecule has 0 amide bonds. The predicted molar refractivity (Wildman–Crippen MR) is 104 cm³/mol. The highest BCUT2D eigenvalue weighted by molar-refractivity contribution is 7.07. The normalized spacial score (nSPS) is 12.6. The van der Waals surface area contributed by atoms with Crippen LogP contribution in [0.25, 0.3) is 12.2 Å². The molecule has 0 saturated carbocycles. The molecule has 0 bridgehead atoms. The minimum absolute atomic E-state index is 0.0857. The molecule has 0 spiro atoms. The number of hydrogen-bond donors (Lipinski definition) is 0. The van der Waals surface area contributed by atoms with E-state index >= 15 is 0 Å². The monoisotopic (exact) mass is 349 g/mol. The fourth-order valence-corrected chi connectivity index (χ4v) is 3.66. The number of thiazole rings is 1. The molecule has 0 unspecified atom stereocenters. The van der Waals surface area contributed by atoms with Crippen molar-refractivity contribution in [2.24, 2.45) is 7.05 Å². The molecule has 3 nitrogen and oxygen atoms in total. The molecule has 0 aliphatic heterocycles. The van der Waals surface area contributed by atoms with Gasteiger partial charge in [-0.2, -0.15) is 0 Å². The van der Waals surface area contributed by atoms with Crippen LogP contribution in [0.3, 0.4) is 0 Å². The Balaban J connectivity index is 2.11. The van der Waals surface area contributed by atoms with Gasteiger partial charge >= 0.3 is 0 Å². The van der Waals surface area contributed by atoms with E-state index < -0.39 is 0 Å². The topological polar surface area (TPSA) is 39.1 Å². The van der Waals surface area contributed by atoms with Gasteiger partial charge in [-0.15, -0.1) is 11.3 Å². The molecule has 1 heterocycles. The van der Waals surface area contributed by atoms with Crippen LogP contribution < -0.4 is 14.8 Å². The second-order valence-corrected chi connectivity index (χ2v) is 7.06. The summed E-state index contributed by atoms with van der Waals surface area (Å²) in [6.45, 7) is 3.92. The molecule has 126 valence electrons. The first kappa shape index (κ1) is 17.1. The van der Waals surface area contributed by atoms with E-state index in [0.717, 1.165) is 16.7 Å². The SMILES string of the molecule is Cc1ccccc1/C=c1\s/c(=C\C(=O)c2ccccc2C)n(C)c1=O. The fourth-order valence-electron chi connectivity index (χ4n) is 2.64. The molecular formula is C21H19NO2S. The summed E-state index contributed by atoms with van der Waals surface area (Å²) in [4.78, 5) is 25.0. The van der Waals surface area contributed by atoms with Crippen molar-refractivity contribution < 1.29 is 4.79 Å². The standard InChI is InChI=1S/C21H19NO2S/c1-14-8-4-6-10-16(14)12-19-21(24)22(3)20(25-19)13-18(23)17-11-7-5-9-15(17)2/h4-13H,1-3H3/b19-12-,20-13-. The number of ketones is 1. The smallest absolute Gasteiger partial charge is 0.268 e. The van der Waals surface area contributed by atoms with E-state index in [-0.39, 0.29) is 11.3 Å². The number of rotatable bonds is 3. The molecule has 0 aliphatic rings. The zero-order chi connectivity index (χ0) is 18.0. The van der Waals surface area contributed by atoms with Crippen molar-refractivity contribution in [2.45, 2.75) is 13.8 Å². The van der Waals surface area contributed by atoms with Gasteiger partial charge in [-0.05, 0) is 36.6 Å². The number of aromatic nitrogens is 1. The van der Waals surface area contributed by atoms with Crippen molar-refractivity contribution in [3.05, 3.63) is 90.3 Å². The third-order valence-electron chi connectivity index (χ3n) is 4.20. The lowest BCUT2D eigenvalue weighted by molar-refractivity contribution is 0.106. The highest BCUT2D eigenvalue weighted by Crippen LogP contribution is 2.09. The van der Waals surface area contributed by atoms with E-state index in [1.807, 2.05) is 62.4 Å². The molecule has 0 N–H and O–H groups in total. The van der Waals surface area contributed by atoms with Crippen molar-refractivity contribution in [3.63, 3.8) is 0 Å². The molecule has 1 aromatic heterocycles. The Morgan fingerprint density at radius 3 is 2.32 bits per heavy atom. The maximum absolute atomic E-state index is 12.5. The first-order chi connectivity index (χ1) is 12.0. The van der Waals surface area contributed by atoms with E-state index in [4.69, 9.17) is 0 Å². The summed E-state index contributed by atoms with van der Waals surface area (Å²) in [7, 11) is 1.70. The quantitative estimate of drug-likeness (QED) is 0.682. The van der Waals surface area contributed by atoms with Crippen LogP contribution in [-0.2, 0) is 7.05 Å². The van der Waals surface area contributed by atoms with Crippen LogP contribution in [0.2, 0.25) is 0 Å². The molecule has 0 aliphatic carbocycles. The van der Waals surface area contributed by atoms with Crippen LogP contribution in [0.15, 0.2) is 53.3 Å². The Hall–Kier alpha value is -2.72. The molecule has 0 fully saturated rings. The van der Waals surface area contributed by atoms with E-state index in [1.54, 1.807) is 19.2 Å². The lowest BCUT2D eigenvalue weighted by Gasteiger charge is -1.99. The van der Waals surface area contributed by atoms with Gasteiger partial charge < -0.3 is 4.57 Å². The van der Waals surface area contributed by atoms with Gasteiger partial charge in [0.25, 0.3) is 5.56 Å². The fraction of sp³-hybridized carbons (Fsp3) is 0.143. The second-order valence-electron chi connectivity index (χ2n) is 5.99. The summed E-state index contributed by atoms with van der Waals surface area (Å²) in [5.41, 5.74) is 3.62. The Bertz CT molecular complexity index is 1120. The Kier molecular flexibility index (Phi) is 4.81. The van der Waals surface area contributed by atoms with Crippen LogP contribution in [-0.4, -0.2) is 10.4 Å². The number of Topliss-reactive ketones (excluding diaryl/α,β-unsaturated/α-hetero) is 1. The van der Waals surface area contributed by atoms with Gasteiger partial charge in [0.1, 0.15) is 4.66 Å². The first-order valence-electron chi connectivity index (χ1n) is 8.02. The number of hydrogen-bond acceptors (Lipinski definition) is 3. The summed E-state index contributed by atoms with van der Waals surface area (Å²) in [5, 5.41) is 0. The number of carbonyl (C=O) groups excluding carboxylic acids is 1. The van der Waals surface area contributed by atoms with Crippen LogP contribution in [0.4, 0.5) is 0 Å². The Morgan fingerprint density at radius 2 is 1.64 bits per heavy atom. The maximum Gasteiger partial charge on any atom is 0.268 e. The molecule has 3 rings (SSSR count). The number of benzene rings is 2. The van der Waals surface area contributed by atoms with Gasteiger partial charge in [0.15, 0.2) is 5.78 Å². The van der Waals surface area contributed by atoms with Crippen LogP contribution in [0.1, 0.15) is 27.0 Å². The van der Waals surface area contributed by atoms with Crippen molar-refractivity contribution in [1.29, 1.82) is 0 Å². The summed E-state index contributed by atoms with van der Waals surface area (Å²) in [6, 6.07) is 15.4. The van der Waals surface area contributed by atoms with Crippen LogP contribution in [0.5, 0.6) is 0 Å². The van der Waals surface area contributed by atoms with Crippen LogP contribution in [0, 0.1) is 13.8 Å². The van der Waals surface area contributed by atoms with E-state index in [0.29, 0.717) is 14.8 Å². The van der Waals surface area contributed by atoms with E-state index in [2.05, 4.69) is 0 Å². The van der Waals surface area contributed by atoms with Gasteiger partial charge in [0.2, 0.25) is 0 Å². The van der Waals surface area contributed by atoms with Crippen molar-refractivity contribution in [1.82, 2.24) is 4.57 Å². The van der Waals surface area contributed by atoms with Gasteiger partial charge in [0.05, 0.1) is 4.53 Å². The molecule has 0 atom stereocenters. The molecule has 2 aromatic carbocycles. The van der Waals surface area contributed by atoms with Crippen molar-refractivity contribution in [3.8, 4) is 0 Å². The molecule has 25 heavy (non-hydrogen) atoms. The van der Waals surface area contributed by atoms with Gasteiger partial charge in [-0.25, -0.2) is 0 Å². The highest BCUT2D eigenvalue weighted by Gasteiger charge is 2.07. The van der Waals surface area contributed by atoms with E-state index in [9.17, 15) is 9.59 Å². The lowest BCUT2D eigenvalue weighted by Crippen LogP contribution is -2.29. The molecule has 4 heteroatoms. The first-order valence-corrected chi connectivity index (χ1v) is 8.84. The molecule has 3 aromatic rings. The predicted octanol–water partition coefficient (Wildman–Crippen LogP) is 2.56. The van der Waals surface area contributed by atoms with Crippen molar-refractivity contribution in [2.75, 3.05) is 0 Å². The zero-order valence-corrected chi connectivity index (χ0v) is 15.3. The average molecular weight is 349 g/mol. The number of carbonyl (C=O) groups is 1.